The van der Waals surface area contributed by atoms with Gasteiger partial charge in [-0.1, -0.05) is 6.07 Å². The maximum Gasteiger partial charge on any atom is 0.129 e. The van der Waals surface area contributed by atoms with E-state index < -0.39 is 6.10 Å². The minimum atomic E-state index is -0.435. The van der Waals surface area contributed by atoms with Crippen molar-refractivity contribution in [3.05, 3.63) is 29.6 Å². The smallest absolute Gasteiger partial charge is 0.129 e. The highest BCUT2D eigenvalue weighted by Gasteiger charge is 2.12. The zero-order valence-electron chi connectivity index (χ0n) is 10.00. The fourth-order valence-corrected chi connectivity index (χ4v) is 1.75. The third kappa shape index (κ3) is 3.18. The van der Waals surface area contributed by atoms with Crippen LogP contribution < -0.4 is 10.2 Å². The summed E-state index contributed by atoms with van der Waals surface area (Å²) in [5, 5.41) is 12.3. The van der Waals surface area contributed by atoms with Gasteiger partial charge in [0.1, 0.15) is 5.82 Å². The number of nitrogens with one attached hydrogen (secondary N) is 1. The Balaban J connectivity index is 2.97. The fraction of sp³-hybridized carbons (Fsp3) is 0.500. The summed E-state index contributed by atoms with van der Waals surface area (Å²) in [5.41, 5.74) is 1.45. The van der Waals surface area contributed by atoms with E-state index in [1.807, 2.05) is 18.0 Å². The van der Waals surface area contributed by atoms with Gasteiger partial charge in [0, 0.05) is 31.4 Å². The molecule has 0 aromatic heterocycles. The van der Waals surface area contributed by atoms with Gasteiger partial charge in [-0.2, -0.15) is 0 Å². The number of hydrogen-bond acceptors (Lipinski definition) is 3. The molecule has 0 aliphatic carbocycles. The summed E-state index contributed by atoms with van der Waals surface area (Å²) in [5.74, 6) is -0.218. The molecule has 4 heteroatoms. The summed E-state index contributed by atoms with van der Waals surface area (Å²) >= 11 is 0. The molecule has 0 aliphatic rings. The van der Waals surface area contributed by atoms with Crippen LogP contribution in [0.2, 0.25) is 0 Å². The second-order valence-corrected chi connectivity index (χ2v) is 4.00. The van der Waals surface area contributed by atoms with Crippen molar-refractivity contribution in [2.45, 2.75) is 19.6 Å². The quantitative estimate of drug-likeness (QED) is 0.796. The lowest BCUT2D eigenvalue weighted by molar-refractivity contribution is 0.201. The van der Waals surface area contributed by atoms with Gasteiger partial charge in [-0.05, 0) is 26.1 Å². The highest BCUT2D eigenvalue weighted by atomic mass is 19.1. The molecule has 0 heterocycles. The molecule has 0 fully saturated rings. The van der Waals surface area contributed by atoms with Gasteiger partial charge in [0.05, 0.1) is 6.10 Å². The van der Waals surface area contributed by atoms with Crippen LogP contribution in [0.25, 0.3) is 0 Å². The summed E-state index contributed by atoms with van der Waals surface area (Å²) in [4.78, 5) is 1.86. The molecular weight excluding hydrogens is 207 g/mol. The van der Waals surface area contributed by atoms with Crippen molar-refractivity contribution in [2.75, 3.05) is 25.5 Å². The minimum absolute atomic E-state index is 0.218. The van der Waals surface area contributed by atoms with E-state index in [4.69, 9.17) is 0 Å². The highest BCUT2D eigenvalue weighted by Crippen LogP contribution is 2.22. The first-order chi connectivity index (χ1) is 7.56. The van der Waals surface area contributed by atoms with Crippen LogP contribution in [0.5, 0.6) is 0 Å². The fourth-order valence-electron chi connectivity index (χ4n) is 1.75. The van der Waals surface area contributed by atoms with Crippen LogP contribution in [0.15, 0.2) is 18.2 Å². The largest absolute Gasteiger partial charge is 0.392 e. The van der Waals surface area contributed by atoms with Gasteiger partial charge in [-0.15, -0.1) is 0 Å². The summed E-state index contributed by atoms with van der Waals surface area (Å²) in [6.07, 6.45) is -0.435. The third-order valence-electron chi connectivity index (χ3n) is 2.40. The molecule has 0 bridgehead atoms. The molecule has 1 aromatic rings. The molecule has 0 saturated heterocycles. The van der Waals surface area contributed by atoms with E-state index in [0.29, 0.717) is 18.7 Å². The number of anilines is 1. The molecule has 1 unspecified atom stereocenters. The Labute approximate surface area is 95.9 Å². The topological polar surface area (TPSA) is 35.5 Å². The lowest BCUT2D eigenvalue weighted by Gasteiger charge is -2.24. The SMILES string of the molecule is CNCc1c(F)cccc1N(C)CC(C)O. The van der Waals surface area contributed by atoms with Gasteiger partial charge in [-0.25, -0.2) is 4.39 Å². The number of nitrogens with zero attached hydrogens (tertiary/aromatic N) is 1. The lowest BCUT2D eigenvalue weighted by atomic mass is 10.1. The molecule has 90 valence electrons. The normalized spacial score (nSPS) is 12.6. The molecule has 0 saturated carbocycles. The van der Waals surface area contributed by atoms with Crippen molar-refractivity contribution in [3.8, 4) is 0 Å². The zero-order valence-corrected chi connectivity index (χ0v) is 10.00. The molecule has 0 spiro atoms. The predicted molar refractivity (Wildman–Crippen MR) is 64.1 cm³/mol. The monoisotopic (exact) mass is 226 g/mol. The Morgan fingerprint density at radius 2 is 2.19 bits per heavy atom. The first-order valence-corrected chi connectivity index (χ1v) is 5.37. The molecule has 3 nitrogen and oxygen atoms in total. The summed E-state index contributed by atoms with van der Waals surface area (Å²) in [6, 6.07) is 4.99. The van der Waals surface area contributed by atoms with Crippen LogP contribution in [0, 0.1) is 5.82 Å². The third-order valence-corrected chi connectivity index (χ3v) is 2.40. The number of benzene rings is 1. The predicted octanol–water partition coefficient (Wildman–Crippen LogP) is 1.36. The number of halogens is 1. The van der Waals surface area contributed by atoms with Crippen LogP contribution in [-0.4, -0.2) is 31.9 Å². The maximum absolute atomic E-state index is 13.6. The molecule has 1 aromatic carbocycles. The Kier molecular flexibility index (Phi) is 4.71. The van der Waals surface area contributed by atoms with Crippen LogP contribution in [-0.2, 0) is 6.54 Å². The molecule has 0 radical (unpaired) electrons. The standard InChI is InChI=1S/C12H19FN2O/c1-9(16)8-15(3)12-6-4-5-11(13)10(12)7-14-2/h4-6,9,14,16H,7-8H2,1-3H3. The second kappa shape index (κ2) is 5.82. The van der Waals surface area contributed by atoms with Crippen LogP contribution in [0.3, 0.4) is 0 Å². The highest BCUT2D eigenvalue weighted by molar-refractivity contribution is 5.53. The molecule has 16 heavy (non-hydrogen) atoms. The van der Waals surface area contributed by atoms with Crippen LogP contribution >= 0.6 is 0 Å². The van der Waals surface area contributed by atoms with Gasteiger partial charge in [-0.3, -0.25) is 0 Å². The molecule has 1 atom stereocenters. The van der Waals surface area contributed by atoms with E-state index in [9.17, 15) is 9.50 Å². The minimum Gasteiger partial charge on any atom is -0.392 e. The maximum atomic E-state index is 13.6. The number of aliphatic hydroxyl groups excluding tert-OH is 1. The van der Waals surface area contributed by atoms with Gasteiger partial charge in [0.2, 0.25) is 0 Å². The first kappa shape index (κ1) is 12.9. The van der Waals surface area contributed by atoms with Crippen LogP contribution in [0.4, 0.5) is 10.1 Å². The average Bonchev–Trinajstić information content (AvgIpc) is 2.20. The van der Waals surface area contributed by atoms with Crippen molar-refractivity contribution < 1.29 is 9.50 Å². The van der Waals surface area contributed by atoms with Gasteiger partial charge < -0.3 is 15.3 Å². The summed E-state index contributed by atoms with van der Waals surface area (Å²) < 4.78 is 13.6. The number of aliphatic hydroxyl groups is 1. The van der Waals surface area contributed by atoms with E-state index in [-0.39, 0.29) is 5.82 Å². The first-order valence-electron chi connectivity index (χ1n) is 5.37. The molecule has 1 rings (SSSR count). The Bertz CT molecular complexity index is 342. The van der Waals surface area contributed by atoms with Gasteiger partial charge in [0.15, 0.2) is 0 Å². The lowest BCUT2D eigenvalue weighted by Crippen LogP contribution is -2.28. The molecule has 0 aliphatic heterocycles. The Hall–Kier alpha value is -1.13. The van der Waals surface area contributed by atoms with Crippen molar-refractivity contribution in [2.24, 2.45) is 0 Å². The Morgan fingerprint density at radius 3 is 2.75 bits per heavy atom. The molecule has 2 N–H and O–H groups in total. The van der Waals surface area contributed by atoms with E-state index in [0.717, 1.165) is 5.69 Å². The van der Waals surface area contributed by atoms with E-state index in [1.165, 1.54) is 6.07 Å². The Morgan fingerprint density at radius 1 is 1.50 bits per heavy atom. The second-order valence-electron chi connectivity index (χ2n) is 4.00. The van der Waals surface area contributed by atoms with Gasteiger partial charge >= 0.3 is 0 Å². The summed E-state index contributed by atoms with van der Waals surface area (Å²) in [6.45, 7) is 2.68. The van der Waals surface area contributed by atoms with Crippen molar-refractivity contribution in [1.82, 2.24) is 5.32 Å². The molecular formula is C12H19FN2O. The zero-order chi connectivity index (χ0) is 12.1. The van der Waals surface area contributed by atoms with E-state index in [1.54, 1.807) is 20.0 Å². The van der Waals surface area contributed by atoms with Gasteiger partial charge in [0.25, 0.3) is 0 Å². The van der Waals surface area contributed by atoms with Crippen molar-refractivity contribution in [3.63, 3.8) is 0 Å². The average molecular weight is 226 g/mol. The van der Waals surface area contributed by atoms with Crippen LogP contribution in [0.1, 0.15) is 12.5 Å². The number of hydrogen-bond donors (Lipinski definition) is 2. The van der Waals surface area contributed by atoms with Crippen molar-refractivity contribution in [1.29, 1.82) is 0 Å². The van der Waals surface area contributed by atoms with Crippen molar-refractivity contribution >= 4 is 5.69 Å². The number of rotatable bonds is 5. The summed E-state index contributed by atoms with van der Waals surface area (Å²) in [7, 11) is 3.63. The molecule has 0 amide bonds. The number of likely N-dealkylation sites (N-methyl/N-ethyl adjacent to an activating group) is 1. The van der Waals surface area contributed by atoms with E-state index >= 15 is 0 Å². The van der Waals surface area contributed by atoms with E-state index in [2.05, 4.69) is 5.32 Å².